The second-order valence-electron chi connectivity index (χ2n) is 4.96. The van der Waals surface area contributed by atoms with Crippen LogP contribution in [0.1, 0.15) is 17.4 Å². The number of rotatable bonds is 7. The molecule has 0 aliphatic heterocycles. The van der Waals surface area contributed by atoms with Crippen LogP contribution in [0.15, 0.2) is 36.7 Å². The van der Waals surface area contributed by atoms with Crippen molar-refractivity contribution in [2.75, 3.05) is 27.4 Å². The maximum Gasteiger partial charge on any atom is 0.315 e. The number of amides is 2. The molecule has 1 heterocycles. The van der Waals surface area contributed by atoms with Gasteiger partial charge < -0.3 is 24.7 Å². The standard InChI is InChI=1S/C16H22N4O3/c1-20-10-8-17-15(20)14(19-16(21)18-9-11-22-2)12-6-4-5-7-13(12)23-3/h4-8,10,14H,9,11H2,1-3H3,(H2,18,19,21)/t14-/m1/s1. The number of aromatic nitrogens is 2. The molecule has 124 valence electrons. The third kappa shape index (κ3) is 4.23. The first-order valence-corrected chi connectivity index (χ1v) is 7.30. The van der Waals surface area contributed by atoms with Crippen molar-refractivity contribution < 1.29 is 14.3 Å². The fraction of sp³-hybridized carbons (Fsp3) is 0.375. The van der Waals surface area contributed by atoms with Gasteiger partial charge in [-0.3, -0.25) is 0 Å². The van der Waals surface area contributed by atoms with E-state index in [-0.39, 0.29) is 6.03 Å². The summed E-state index contributed by atoms with van der Waals surface area (Å²) in [5.41, 5.74) is 0.839. The Kier molecular flexibility index (Phi) is 5.99. The van der Waals surface area contributed by atoms with Crippen molar-refractivity contribution in [2.45, 2.75) is 6.04 Å². The van der Waals surface area contributed by atoms with Crippen LogP contribution in [0, 0.1) is 0 Å². The van der Waals surface area contributed by atoms with E-state index in [1.54, 1.807) is 20.4 Å². The van der Waals surface area contributed by atoms with Gasteiger partial charge in [0.05, 0.1) is 13.7 Å². The minimum atomic E-state index is -0.423. The van der Waals surface area contributed by atoms with Gasteiger partial charge >= 0.3 is 6.03 Å². The lowest BCUT2D eigenvalue weighted by atomic mass is 10.0. The molecule has 1 aromatic heterocycles. The van der Waals surface area contributed by atoms with Gasteiger partial charge in [0.25, 0.3) is 0 Å². The van der Waals surface area contributed by atoms with Gasteiger partial charge in [-0.2, -0.15) is 0 Å². The molecule has 0 spiro atoms. The van der Waals surface area contributed by atoms with Crippen LogP contribution in [0.5, 0.6) is 5.75 Å². The van der Waals surface area contributed by atoms with E-state index in [2.05, 4.69) is 15.6 Å². The zero-order valence-corrected chi connectivity index (χ0v) is 13.6. The zero-order chi connectivity index (χ0) is 16.7. The first-order valence-electron chi connectivity index (χ1n) is 7.30. The lowest BCUT2D eigenvalue weighted by molar-refractivity contribution is 0.195. The number of benzene rings is 1. The molecule has 2 aromatic rings. The Hall–Kier alpha value is -2.54. The summed E-state index contributed by atoms with van der Waals surface area (Å²) >= 11 is 0. The number of nitrogens with zero attached hydrogens (tertiary/aromatic N) is 2. The molecule has 0 aliphatic carbocycles. The van der Waals surface area contributed by atoms with Crippen molar-refractivity contribution >= 4 is 6.03 Å². The van der Waals surface area contributed by atoms with Crippen molar-refractivity contribution in [1.29, 1.82) is 0 Å². The second kappa shape index (κ2) is 8.19. The van der Waals surface area contributed by atoms with Gasteiger partial charge in [-0.15, -0.1) is 0 Å². The predicted molar refractivity (Wildman–Crippen MR) is 86.5 cm³/mol. The number of carbonyl (C=O) groups excluding carboxylic acids is 1. The van der Waals surface area contributed by atoms with E-state index in [9.17, 15) is 4.79 Å². The zero-order valence-electron chi connectivity index (χ0n) is 13.6. The molecule has 23 heavy (non-hydrogen) atoms. The molecule has 2 amide bonds. The predicted octanol–water partition coefficient (Wildman–Crippen LogP) is 1.46. The molecule has 0 unspecified atom stereocenters. The maximum atomic E-state index is 12.2. The van der Waals surface area contributed by atoms with Crippen LogP contribution >= 0.6 is 0 Å². The Labute approximate surface area is 135 Å². The smallest absolute Gasteiger partial charge is 0.315 e. The molecule has 0 bridgehead atoms. The van der Waals surface area contributed by atoms with Crippen molar-refractivity contribution in [3.63, 3.8) is 0 Å². The number of urea groups is 1. The van der Waals surface area contributed by atoms with Gasteiger partial charge in [-0.1, -0.05) is 18.2 Å². The number of hydrogen-bond acceptors (Lipinski definition) is 4. The lowest BCUT2D eigenvalue weighted by Crippen LogP contribution is -2.40. The summed E-state index contributed by atoms with van der Waals surface area (Å²) in [7, 11) is 5.08. The molecule has 0 radical (unpaired) electrons. The largest absolute Gasteiger partial charge is 0.496 e. The van der Waals surface area contributed by atoms with E-state index in [1.165, 1.54) is 0 Å². The van der Waals surface area contributed by atoms with Crippen molar-refractivity contribution in [2.24, 2.45) is 7.05 Å². The average Bonchev–Trinajstić information content (AvgIpc) is 2.99. The summed E-state index contributed by atoms with van der Waals surface area (Å²) in [6, 6.07) is 6.84. The van der Waals surface area contributed by atoms with Crippen molar-refractivity contribution in [1.82, 2.24) is 20.2 Å². The molecule has 0 fully saturated rings. The molecule has 1 aromatic carbocycles. The van der Waals surface area contributed by atoms with Crippen molar-refractivity contribution in [3.8, 4) is 5.75 Å². The summed E-state index contributed by atoms with van der Waals surface area (Å²) < 4.78 is 12.2. The summed E-state index contributed by atoms with van der Waals surface area (Å²) in [6.07, 6.45) is 3.53. The highest BCUT2D eigenvalue weighted by Gasteiger charge is 2.23. The van der Waals surface area contributed by atoms with E-state index in [0.29, 0.717) is 18.9 Å². The van der Waals surface area contributed by atoms with Crippen LogP contribution in [0.2, 0.25) is 0 Å². The lowest BCUT2D eigenvalue weighted by Gasteiger charge is -2.21. The number of imidazole rings is 1. The quantitative estimate of drug-likeness (QED) is 0.758. The fourth-order valence-electron chi connectivity index (χ4n) is 2.29. The van der Waals surface area contributed by atoms with E-state index in [0.717, 1.165) is 11.4 Å². The second-order valence-corrected chi connectivity index (χ2v) is 4.96. The van der Waals surface area contributed by atoms with Crippen LogP contribution in [0.25, 0.3) is 0 Å². The van der Waals surface area contributed by atoms with Gasteiger partial charge in [-0.05, 0) is 6.07 Å². The Balaban J connectivity index is 2.26. The normalized spacial score (nSPS) is 11.8. The van der Waals surface area contributed by atoms with Crippen LogP contribution in [-0.2, 0) is 11.8 Å². The Bertz CT molecular complexity index is 642. The van der Waals surface area contributed by atoms with Crippen LogP contribution in [-0.4, -0.2) is 43.0 Å². The Morgan fingerprint density at radius 3 is 2.78 bits per heavy atom. The van der Waals surface area contributed by atoms with E-state index in [1.807, 2.05) is 42.1 Å². The van der Waals surface area contributed by atoms with Gasteiger partial charge in [-0.25, -0.2) is 9.78 Å². The molecule has 0 saturated carbocycles. The molecule has 2 N–H and O–H groups in total. The Morgan fingerprint density at radius 1 is 1.35 bits per heavy atom. The number of aryl methyl sites for hydroxylation is 1. The first kappa shape index (κ1) is 16.8. The molecular weight excluding hydrogens is 296 g/mol. The number of methoxy groups -OCH3 is 2. The molecule has 1 atom stereocenters. The molecular formula is C16H22N4O3. The average molecular weight is 318 g/mol. The Morgan fingerprint density at radius 2 is 2.13 bits per heavy atom. The van der Waals surface area contributed by atoms with Crippen LogP contribution < -0.4 is 15.4 Å². The number of ether oxygens (including phenoxy) is 2. The van der Waals surface area contributed by atoms with E-state index >= 15 is 0 Å². The number of para-hydroxylation sites is 1. The maximum absolute atomic E-state index is 12.2. The molecule has 2 rings (SSSR count). The topological polar surface area (TPSA) is 77.4 Å². The highest BCUT2D eigenvalue weighted by molar-refractivity contribution is 5.75. The van der Waals surface area contributed by atoms with Gasteiger partial charge in [0.1, 0.15) is 17.6 Å². The van der Waals surface area contributed by atoms with Gasteiger partial charge in [0.2, 0.25) is 0 Å². The van der Waals surface area contributed by atoms with Crippen LogP contribution in [0.3, 0.4) is 0 Å². The fourth-order valence-corrected chi connectivity index (χ4v) is 2.29. The van der Waals surface area contributed by atoms with Gasteiger partial charge in [0.15, 0.2) is 0 Å². The van der Waals surface area contributed by atoms with Crippen LogP contribution in [0.4, 0.5) is 4.79 Å². The SMILES string of the molecule is COCCNC(=O)N[C@H](c1ccccc1OC)c1nccn1C. The summed E-state index contributed by atoms with van der Waals surface area (Å²) in [5.74, 6) is 1.41. The van der Waals surface area contributed by atoms with E-state index in [4.69, 9.17) is 9.47 Å². The minimum absolute atomic E-state index is 0.291. The summed E-state index contributed by atoms with van der Waals surface area (Å²) in [5, 5.41) is 5.69. The van der Waals surface area contributed by atoms with E-state index < -0.39 is 6.04 Å². The first-order chi connectivity index (χ1) is 11.2. The highest BCUT2D eigenvalue weighted by Crippen LogP contribution is 2.28. The third-order valence-electron chi connectivity index (χ3n) is 3.43. The molecule has 7 nitrogen and oxygen atoms in total. The monoisotopic (exact) mass is 318 g/mol. The molecule has 0 saturated heterocycles. The third-order valence-corrected chi connectivity index (χ3v) is 3.43. The number of nitrogens with one attached hydrogen (secondary N) is 2. The minimum Gasteiger partial charge on any atom is -0.496 e. The number of carbonyl (C=O) groups is 1. The van der Waals surface area contributed by atoms with Crippen molar-refractivity contribution in [3.05, 3.63) is 48.0 Å². The summed E-state index contributed by atoms with van der Waals surface area (Å²) in [6.45, 7) is 0.886. The number of hydrogen-bond donors (Lipinski definition) is 2. The van der Waals surface area contributed by atoms with Gasteiger partial charge in [0, 0.05) is 38.7 Å². The summed E-state index contributed by atoms with van der Waals surface area (Å²) in [4.78, 5) is 16.5. The molecule has 0 aliphatic rings. The highest BCUT2D eigenvalue weighted by atomic mass is 16.5. The molecule has 7 heteroatoms.